The highest BCUT2D eigenvalue weighted by Gasteiger charge is 2.06. The molecule has 0 saturated carbocycles. The Morgan fingerprint density at radius 2 is 2.19 bits per heavy atom. The van der Waals surface area contributed by atoms with Gasteiger partial charge in [-0.25, -0.2) is 8.91 Å². The van der Waals surface area contributed by atoms with E-state index in [9.17, 15) is 4.39 Å². The van der Waals surface area contributed by atoms with Gasteiger partial charge >= 0.3 is 0 Å². The lowest BCUT2D eigenvalue weighted by Crippen LogP contribution is -2.07. The van der Waals surface area contributed by atoms with Gasteiger partial charge in [-0.15, -0.1) is 5.10 Å². The molecule has 0 amide bonds. The average molecular weight is 349 g/mol. The first-order valence-corrected chi connectivity index (χ1v) is 7.42. The molecule has 0 radical (unpaired) electrons. The molecule has 0 aliphatic heterocycles. The molecule has 108 valence electrons. The molecule has 0 unspecified atom stereocenters. The fourth-order valence-corrected chi connectivity index (χ4v) is 2.62. The molecule has 0 aliphatic rings. The van der Waals surface area contributed by atoms with Crippen molar-refractivity contribution >= 4 is 27.5 Å². The predicted octanol–water partition coefficient (Wildman–Crippen LogP) is 3.59. The van der Waals surface area contributed by atoms with Crippen LogP contribution in [0.15, 0.2) is 41.0 Å². The van der Waals surface area contributed by atoms with Crippen molar-refractivity contribution in [3.63, 3.8) is 0 Å². The minimum absolute atomic E-state index is 0.198. The number of pyridine rings is 1. The molecule has 2 aromatic heterocycles. The summed E-state index contributed by atoms with van der Waals surface area (Å²) in [5.41, 5.74) is 2.86. The SMILES string of the molecule is Cc1cc(F)ccc1CCNc1nc2c(Br)cccn2n1. The molecule has 0 atom stereocenters. The maximum Gasteiger partial charge on any atom is 0.243 e. The van der Waals surface area contributed by atoms with Gasteiger partial charge in [0.05, 0.1) is 4.47 Å². The molecule has 3 rings (SSSR count). The summed E-state index contributed by atoms with van der Waals surface area (Å²) in [7, 11) is 0. The van der Waals surface area contributed by atoms with Crippen molar-refractivity contribution in [3.8, 4) is 0 Å². The maximum atomic E-state index is 13.0. The number of halogens is 2. The lowest BCUT2D eigenvalue weighted by atomic mass is 10.1. The molecule has 21 heavy (non-hydrogen) atoms. The van der Waals surface area contributed by atoms with Crippen molar-refractivity contribution < 1.29 is 4.39 Å². The van der Waals surface area contributed by atoms with Crippen LogP contribution in [0.1, 0.15) is 11.1 Å². The van der Waals surface area contributed by atoms with E-state index in [-0.39, 0.29) is 5.82 Å². The molecular formula is C15H14BrFN4. The van der Waals surface area contributed by atoms with E-state index in [0.717, 1.165) is 27.7 Å². The monoisotopic (exact) mass is 348 g/mol. The summed E-state index contributed by atoms with van der Waals surface area (Å²) >= 11 is 3.44. The molecule has 0 spiro atoms. The third kappa shape index (κ3) is 3.05. The Balaban J connectivity index is 1.68. The van der Waals surface area contributed by atoms with E-state index in [1.807, 2.05) is 31.3 Å². The van der Waals surface area contributed by atoms with Gasteiger partial charge in [0, 0.05) is 12.7 Å². The molecule has 3 aromatic rings. The fourth-order valence-electron chi connectivity index (χ4n) is 2.20. The summed E-state index contributed by atoms with van der Waals surface area (Å²) in [6.45, 7) is 2.61. The van der Waals surface area contributed by atoms with Crippen molar-refractivity contribution in [1.29, 1.82) is 0 Å². The first-order valence-electron chi connectivity index (χ1n) is 6.63. The van der Waals surface area contributed by atoms with Crippen molar-refractivity contribution in [3.05, 3.63) is 57.9 Å². The fraction of sp³-hybridized carbons (Fsp3) is 0.200. The predicted molar refractivity (Wildman–Crippen MR) is 84.0 cm³/mol. The third-order valence-corrected chi connectivity index (χ3v) is 3.92. The molecule has 1 N–H and O–H groups in total. The summed E-state index contributed by atoms with van der Waals surface area (Å²) in [4.78, 5) is 4.41. The zero-order valence-electron chi connectivity index (χ0n) is 11.5. The topological polar surface area (TPSA) is 42.2 Å². The standard InChI is InChI=1S/C15H14BrFN4/c1-10-9-12(17)5-4-11(10)6-7-18-15-19-14-13(16)3-2-8-21(14)20-15/h2-5,8-9H,6-7H2,1H3,(H,18,20). The van der Waals surface area contributed by atoms with Crippen LogP contribution in [0.5, 0.6) is 0 Å². The summed E-state index contributed by atoms with van der Waals surface area (Å²) in [5.74, 6) is 0.387. The number of aromatic nitrogens is 3. The second-order valence-corrected chi connectivity index (χ2v) is 5.66. The van der Waals surface area contributed by atoms with E-state index in [1.54, 1.807) is 10.6 Å². The Morgan fingerprint density at radius 1 is 1.33 bits per heavy atom. The first-order chi connectivity index (χ1) is 10.1. The van der Waals surface area contributed by atoms with E-state index in [0.29, 0.717) is 12.5 Å². The lowest BCUT2D eigenvalue weighted by Gasteiger charge is -2.06. The first kappa shape index (κ1) is 14.0. The van der Waals surface area contributed by atoms with E-state index in [1.165, 1.54) is 6.07 Å². The number of rotatable bonds is 4. The molecule has 2 heterocycles. The summed E-state index contributed by atoms with van der Waals surface area (Å²) in [5, 5.41) is 7.54. The molecule has 1 aromatic carbocycles. The Kier molecular flexibility index (Phi) is 3.88. The minimum Gasteiger partial charge on any atom is -0.353 e. The summed E-state index contributed by atoms with van der Waals surface area (Å²) in [6, 6.07) is 8.69. The maximum absolute atomic E-state index is 13.0. The zero-order chi connectivity index (χ0) is 14.8. The Hall–Kier alpha value is -1.95. The van der Waals surface area contributed by atoms with E-state index in [2.05, 4.69) is 31.3 Å². The van der Waals surface area contributed by atoms with E-state index < -0.39 is 0 Å². The van der Waals surface area contributed by atoms with Crippen molar-refractivity contribution in [2.45, 2.75) is 13.3 Å². The third-order valence-electron chi connectivity index (χ3n) is 3.30. The van der Waals surface area contributed by atoms with Gasteiger partial charge < -0.3 is 5.32 Å². The second kappa shape index (κ2) is 5.81. The quantitative estimate of drug-likeness (QED) is 0.783. The number of nitrogens with zero attached hydrogens (tertiary/aromatic N) is 3. The number of aryl methyl sites for hydroxylation is 1. The molecular weight excluding hydrogens is 335 g/mol. The van der Waals surface area contributed by atoms with Gasteiger partial charge in [0.15, 0.2) is 5.65 Å². The highest BCUT2D eigenvalue weighted by atomic mass is 79.9. The van der Waals surface area contributed by atoms with Crippen LogP contribution in [-0.2, 0) is 6.42 Å². The molecule has 0 bridgehead atoms. The molecule has 0 fully saturated rings. The van der Waals surface area contributed by atoms with Gasteiger partial charge in [-0.05, 0) is 64.7 Å². The van der Waals surface area contributed by atoms with Gasteiger partial charge in [-0.1, -0.05) is 6.07 Å². The molecule has 4 nitrogen and oxygen atoms in total. The van der Waals surface area contributed by atoms with Crippen molar-refractivity contribution in [2.24, 2.45) is 0 Å². The van der Waals surface area contributed by atoms with Crippen LogP contribution in [0.25, 0.3) is 5.65 Å². The highest BCUT2D eigenvalue weighted by molar-refractivity contribution is 9.10. The van der Waals surface area contributed by atoms with Crippen LogP contribution in [0.3, 0.4) is 0 Å². The van der Waals surface area contributed by atoms with Crippen LogP contribution in [-0.4, -0.2) is 21.1 Å². The average Bonchev–Trinajstić information content (AvgIpc) is 2.86. The van der Waals surface area contributed by atoms with Crippen LogP contribution in [0.2, 0.25) is 0 Å². The smallest absolute Gasteiger partial charge is 0.243 e. The Bertz CT molecular complexity index is 784. The summed E-state index contributed by atoms with van der Waals surface area (Å²) in [6.07, 6.45) is 2.64. The van der Waals surface area contributed by atoms with Crippen LogP contribution < -0.4 is 5.32 Å². The Labute approximate surface area is 130 Å². The van der Waals surface area contributed by atoms with Crippen LogP contribution in [0, 0.1) is 12.7 Å². The number of fused-ring (bicyclic) bond motifs is 1. The van der Waals surface area contributed by atoms with Gasteiger partial charge in [0.25, 0.3) is 0 Å². The largest absolute Gasteiger partial charge is 0.353 e. The molecule has 6 heteroatoms. The molecule has 0 aliphatic carbocycles. The summed E-state index contributed by atoms with van der Waals surface area (Å²) < 4.78 is 15.7. The van der Waals surface area contributed by atoms with Gasteiger partial charge in [-0.2, -0.15) is 4.98 Å². The number of benzene rings is 1. The lowest BCUT2D eigenvalue weighted by molar-refractivity contribution is 0.625. The van der Waals surface area contributed by atoms with Crippen LogP contribution >= 0.6 is 15.9 Å². The number of anilines is 1. The van der Waals surface area contributed by atoms with Gasteiger partial charge in [-0.3, -0.25) is 0 Å². The number of hydrogen-bond acceptors (Lipinski definition) is 3. The number of hydrogen-bond donors (Lipinski definition) is 1. The van der Waals surface area contributed by atoms with E-state index >= 15 is 0 Å². The zero-order valence-corrected chi connectivity index (χ0v) is 13.1. The highest BCUT2D eigenvalue weighted by Crippen LogP contribution is 2.17. The number of nitrogens with one attached hydrogen (secondary N) is 1. The van der Waals surface area contributed by atoms with Crippen molar-refractivity contribution in [1.82, 2.24) is 14.6 Å². The van der Waals surface area contributed by atoms with Crippen LogP contribution in [0.4, 0.5) is 10.3 Å². The molecule has 0 saturated heterocycles. The second-order valence-electron chi connectivity index (χ2n) is 4.81. The van der Waals surface area contributed by atoms with E-state index in [4.69, 9.17) is 0 Å². The normalized spacial score (nSPS) is 11.0. The Morgan fingerprint density at radius 3 is 2.95 bits per heavy atom. The van der Waals surface area contributed by atoms with Crippen molar-refractivity contribution in [2.75, 3.05) is 11.9 Å². The minimum atomic E-state index is -0.198. The van der Waals surface area contributed by atoms with Gasteiger partial charge in [0.1, 0.15) is 5.82 Å². The van der Waals surface area contributed by atoms with Gasteiger partial charge in [0.2, 0.25) is 5.95 Å².